The Bertz CT molecular complexity index is 1060. The number of ether oxygens (including phenoxy) is 1. The molecule has 1 aromatic heterocycles. The van der Waals surface area contributed by atoms with Gasteiger partial charge in [-0.1, -0.05) is 34.1 Å². The molecule has 3 rings (SSSR count). The third kappa shape index (κ3) is 3.67. The molecule has 2 aromatic carbocycles. The standard InChI is InChI=1S/C19H14BrNO5/c1-25-17(22)10-21-15-7-6-12(20)9-13(15)18(23)14-8-11-4-2-3-5-16(11)26-19(14)24/h2-9,21H,10H2,1H3. The Morgan fingerprint density at radius 1 is 1.12 bits per heavy atom. The number of hydrogen-bond donors (Lipinski definition) is 1. The third-order valence-corrected chi connectivity index (χ3v) is 4.26. The molecule has 0 saturated carbocycles. The molecule has 132 valence electrons. The Morgan fingerprint density at radius 2 is 1.88 bits per heavy atom. The summed E-state index contributed by atoms with van der Waals surface area (Å²) in [4.78, 5) is 36.6. The van der Waals surface area contributed by atoms with Crippen LogP contribution in [0.1, 0.15) is 15.9 Å². The van der Waals surface area contributed by atoms with Crippen LogP contribution in [0.5, 0.6) is 0 Å². The number of carbonyl (C=O) groups is 2. The summed E-state index contributed by atoms with van der Waals surface area (Å²) in [6.07, 6.45) is 0. The minimum absolute atomic E-state index is 0.0806. The molecule has 0 spiro atoms. The maximum atomic E-state index is 13.0. The Morgan fingerprint density at radius 3 is 2.65 bits per heavy atom. The lowest BCUT2D eigenvalue weighted by molar-refractivity contribution is -0.138. The van der Waals surface area contributed by atoms with E-state index in [-0.39, 0.29) is 17.7 Å². The molecule has 0 atom stereocenters. The van der Waals surface area contributed by atoms with Gasteiger partial charge in [0.05, 0.1) is 7.11 Å². The quantitative estimate of drug-likeness (QED) is 0.390. The van der Waals surface area contributed by atoms with E-state index >= 15 is 0 Å². The van der Waals surface area contributed by atoms with Crippen LogP contribution in [0.15, 0.2) is 62.2 Å². The highest BCUT2D eigenvalue weighted by atomic mass is 79.9. The third-order valence-electron chi connectivity index (χ3n) is 3.76. The van der Waals surface area contributed by atoms with Crippen molar-refractivity contribution >= 4 is 44.3 Å². The van der Waals surface area contributed by atoms with Crippen molar-refractivity contribution in [2.75, 3.05) is 19.0 Å². The summed E-state index contributed by atoms with van der Waals surface area (Å²) in [7, 11) is 1.28. The second-order valence-electron chi connectivity index (χ2n) is 5.43. The normalized spacial score (nSPS) is 10.5. The smallest absolute Gasteiger partial charge is 0.347 e. The Balaban J connectivity index is 2.04. The molecule has 0 saturated heterocycles. The lowest BCUT2D eigenvalue weighted by Crippen LogP contribution is -2.19. The van der Waals surface area contributed by atoms with E-state index in [1.807, 2.05) is 0 Å². The van der Waals surface area contributed by atoms with E-state index in [1.165, 1.54) is 13.2 Å². The molecule has 1 heterocycles. The number of methoxy groups -OCH3 is 1. The van der Waals surface area contributed by atoms with E-state index in [0.29, 0.717) is 21.1 Å². The van der Waals surface area contributed by atoms with Crippen molar-refractivity contribution in [2.45, 2.75) is 0 Å². The molecular formula is C19H14BrNO5. The number of ketones is 1. The lowest BCUT2D eigenvalue weighted by Gasteiger charge is -2.11. The topological polar surface area (TPSA) is 85.6 Å². The van der Waals surface area contributed by atoms with Gasteiger partial charge in [-0.25, -0.2) is 4.79 Å². The number of hydrogen-bond acceptors (Lipinski definition) is 6. The minimum Gasteiger partial charge on any atom is -0.468 e. The number of fused-ring (bicyclic) bond motifs is 1. The van der Waals surface area contributed by atoms with E-state index in [4.69, 9.17) is 4.42 Å². The molecule has 1 N–H and O–H groups in total. The molecule has 0 fully saturated rings. The van der Waals surface area contributed by atoms with Gasteiger partial charge in [-0.05, 0) is 30.3 Å². The molecule has 3 aromatic rings. The number of para-hydroxylation sites is 1. The molecule has 0 radical (unpaired) electrons. The zero-order valence-electron chi connectivity index (χ0n) is 13.7. The molecule has 26 heavy (non-hydrogen) atoms. The molecule has 0 aliphatic heterocycles. The number of halogens is 1. The second-order valence-corrected chi connectivity index (χ2v) is 6.35. The van der Waals surface area contributed by atoms with Crippen LogP contribution in [0.25, 0.3) is 11.0 Å². The summed E-state index contributed by atoms with van der Waals surface area (Å²) < 4.78 is 10.5. The number of benzene rings is 2. The molecule has 0 amide bonds. The van der Waals surface area contributed by atoms with E-state index in [0.717, 1.165) is 0 Å². The van der Waals surface area contributed by atoms with E-state index < -0.39 is 17.4 Å². The van der Waals surface area contributed by atoms with Crippen molar-refractivity contribution in [1.29, 1.82) is 0 Å². The van der Waals surface area contributed by atoms with Gasteiger partial charge in [-0.3, -0.25) is 9.59 Å². The predicted octanol–water partition coefficient (Wildman–Crippen LogP) is 3.37. The van der Waals surface area contributed by atoms with Crippen molar-refractivity contribution < 1.29 is 18.7 Å². The average molecular weight is 416 g/mol. The van der Waals surface area contributed by atoms with E-state index in [2.05, 4.69) is 26.0 Å². The second kappa shape index (κ2) is 7.53. The van der Waals surface area contributed by atoms with Gasteiger partial charge < -0.3 is 14.5 Å². The summed E-state index contributed by atoms with van der Waals surface area (Å²) in [5.74, 6) is -0.977. The van der Waals surface area contributed by atoms with Crippen LogP contribution in [-0.2, 0) is 9.53 Å². The number of rotatable bonds is 5. The van der Waals surface area contributed by atoms with Crippen LogP contribution in [0.4, 0.5) is 5.69 Å². The SMILES string of the molecule is COC(=O)CNc1ccc(Br)cc1C(=O)c1cc2ccccc2oc1=O. The van der Waals surface area contributed by atoms with Gasteiger partial charge in [0.15, 0.2) is 0 Å². The van der Waals surface area contributed by atoms with Crippen LogP contribution in [0.2, 0.25) is 0 Å². The molecular weight excluding hydrogens is 402 g/mol. The van der Waals surface area contributed by atoms with Gasteiger partial charge in [-0.2, -0.15) is 0 Å². The molecule has 6 nitrogen and oxygen atoms in total. The van der Waals surface area contributed by atoms with Gasteiger partial charge in [0, 0.05) is 21.1 Å². The highest BCUT2D eigenvalue weighted by Gasteiger charge is 2.19. The average Bonchev–Trinajstić information content (AvgIpc) is 2.65. The number of nitrogens with one attached hydrogen (secondary N) is 1. The minimum atomic E-state index is -0.715. The van der Waals surface area contributed by atoms with Gasteiger partial charge in [0.2, 0.25) is 5.78 Å². The molecule has 0 unspecified atom stereocenters. The highest BCUT2D eigenvalue weighted by molar-refractivity contribution is 9.10. The molecule has 0 bridgehead atoms. The van der Waals surface area contributed by atoms with Crippen molar-refractivity contribution in [1.82, 2.24) is 0 Å². The monoisotopic (exact) mass is 415 g/mol. The van der Waals surface area contributed by atoms with Gasteiger partial charge in [0.25, 0.3) is 0 Å². The fourth-order valence-corrected chi connectivity index (χ4v) is 2.82. The number of carbonyl (C=O) groups excluding carboxylic acids is 2. The summed E-state index contributed by atoms with van der Waals surface area (Å²) in [6.45, 7) is -0.106. The van der Waals surface area contributed by atoms with Gasteiger partial charge in [-0.15, -0.1) is 0 Å². The van der Waals surface area contributed by atoms with Crippen molar-refractivity contribution in [2.24, 2.45) is 0 Å². The maximum absolute atomic E-state index is 13.0. The Kier molecular flexibility index (Phi) is 5.18. The zero-order chi connectivity index (χ0) is 18.7. The zero-order valence-corrected chi connectivity index (χ0v) is 15.3. The number of anilines is 1. The maximum Gasteiger partial charge on any atom is 0.347 e. The van der Waals surface area contributed by atoms with Crippen LogP contribution in [0.3, 0.4) is 0 Å². The van der Waals surface area contributed by atoms with Crippen LogP contribution in [-0.4, -0.2) is 25.4 Å². The van der Waals surface area contributed by atoms with Crippen molar-refractivity contribution in [3.8, 4) is 0 Å². The van der Waals surface area contributed by atoms with Gasteiger partial charge in [0.1, 0.15) is 17.7 Å². The first kappa shape index (κ1) is 17.9. The summed E-state index contributed by atoms with van der Waals surface area (Å²) >= 11 is 3.32. The van der Waals surface area contributed by atoms with Crippen molar-refractivity contribution in [3.05, 3.63) is 74.6 Å². The van der Waals surface area contributed by atoms with E-state index in [9.17, 15) is 14.4 Å². The molecule has 0 aliphatic rings. The first-order chi connectivity index (χ1) is 12.5. The first-order valence-corrected chi connectivity index (χ1v) is 8.46. The number of esters is 1. The lowest BCUT2D eigenvalue weighted by atomic mass is 10.0. The van der Waals surface area contributed by atoms with Crippen molar-refractivity contribution in [3.63, 3.8) is 0 Å². The summed E-state index contributed by atoms with van der Waals surface area (Å²) in [6, 6.07) is 13.4. The largest absolute Gasteiger partial charge is 0.468 e. The highest BCUT2D eigenvalue weighted by Crippen LogP contribution is 2.24. The molecule has 0 aliphatic carbocycles. The molecule has 7 heteroatoms. The summed E-state index contributed by atoms with van der Waals surface area (Å²) in [5, 5.41) is 3.50. The van der Waals surface area contributed by atoms with Crippen LogP contribution in [0, 0.1) is 0 Å². The Labute approximate surface area is 156 Å². The predicted molar refractivity (Wildman–Crippen MR) is 101 cm³/mol. The van der Waals surface area contributed by atoms with Gasteiger partial charge >= 0.3 is 11.6 Å². The van der Waals surface area contributed by atoms with Crippen LogP contribution >= 0.6 is 15.9 Å². The van der Waals surface area contributed by atoms with Crippen LogP contribution < -0.4 is 10.9 Å². The fraction of sp³-hybridized carbons (Fsp3) is 0.105. The first-order valence-electron chi connectivity index (χ1n) is 7.67. The summed E-state index contributed by atoms with van der Waals surface area (Å²) in [5.41, 5.74) is 0.268. The Hall–Kier alpha value is -2.93. The van der Waals surface area contributed by atoms with E-state index in [1.54, 1.807) is 42.5 Å². The fourth-order valence-electron chi connectivity index (χ4n) is 2.46.